The van der Waals surface area contributed by atoms with Gasteiger partial charge in [-0.05, 0) is 38.8 Å². The van der Waals surface area contributed by atoms with Gasteiger partial charge in [-0.1, -0.05) is 25.0 Å². The van der Waals surface area contributed by atoms with Crippen LogP contribution in [0.15, 0.2) is 29.1 Å². The van der Waals surface area contributed by atoms with E-state index in [0.29, 0.717) is 23.0 Å². The van der Waals surface area contributed by atoms with Crippen LogP contribution in [0, 0.1) is 11.3 Å². The predicted molar refractivity (Wildman–Crippen MR) is 101 cm³/mol. The average molecular weight is 352 g/mol. The Morgan fingerprint density at radius 1 is 1.23 bits per heavy atom. The van der Waals surface area contributed by atoms with Crippen molar-refractivity contribution in [3.8, 4) is 23.1 Å². The Bertz CT molecular complexity index is 859. The maximum absolute atomic E-state index is 12.5. The Balaban J connectivity index is 2.05. The molecule has 1 saturated heterocycles. The summed E-state index contributed by atoms with van der Waals surface area (Å²) in [5.41, 5.74) is 0.753. The first-order valence-electron chi connectivity index (χ1n) is 9.15. The van der Waals surface area contributed by atoms with Crippen molar-refractivity contribution in [1.29, 1.82) is 5.26 Å². The van der Waals surface area contributed by atoms with Crippen LogP contribution in [0.1, 0.15) is 45.1 Å². The third kappa shape index (κ3) is 4.05. The van der Waals surface area contributed by atoms with Gasteiger partial charge in [-0.3, -0.25) is 9.78 Å². The maximum atomic E-state index is 12.5. The van der Waals surface area contributed by atoms with Gasteiger partial charge in [0.05, 0.1) is 11.8 Å². The molecule has 3 rings (SSSR count). The van der Waals surface area contributed by atoms with Crippen LogP contribution in [0.5, 0.6) is 5.75 Å². The lowest BCUT2D eigenvalue weighted by Gasteiger charge is -2.21. The monoisotopic (exact) mass is 352 g/mol. The number of rotatable bonds is 4. The highest BCUT2D eigenvalue weighted by Gasteiger charge is 2.18. The summed E-state index contributed by atoms with van der Waals surface area (Å²) < 4.78 is 5.74. The number of ether oxygens (including phenoxy) is 1. The molecule has 0 bridgehead atoms. The van der Waals surface area contributed by atoms with Gasteiger partial charge in [0.25, 0.3) is 5.56 Å². The van der Waals surface area contributed by atoms with Crippen molar-refractivity contribution in [3.63, 3.8) is 0 Å². The highest BCUT2D eigenvalue weighted by molar-refractivity contribution is 5.68. The molecule has 2 aromatic rings. The molecule has 26 heavy (non-hydrogen) atoms. The summed E-state index contributed by atoms with van der Waals surface area (Å²) in [6.07, 6.45) is 4.59. The van der Waals surface area contributed by atoms with E-state index in [1.807, 2.05) is 44.2 Å². The van der Waals surface area contributed by atoms with E-state index in [-0.39, 0.29) is 11.7 Å². The second-order valence-electron chi connectivity index (χ2n) is 6.82. The molecule has 1 N–H and O–H groups in total. The van der Waals surface area contributed by atoms with Crippen LogP contribution in [0.4, 0.5) is 5.95 Å². The Morgan fingerprint density at radius 3 is 2.62 bits per heavy atom. The van der Waals surface area contributed by atoms with E-state index in [2.05, 4.69) is 14.9 Å². The van der Waals surface area contributed by atoms with Crippen LogP contribution in [-0.4, -0.2) is 29.2 Å². The van der Waals surface area contributed by atoms with Crippen LogP contribution < -0.4 is 15.2 Å². The number of aromatic amines is 1. The molecule has 136 valence electrons. The minimum atomic E-state index is -0.396. The molecule has 1 aromatic heterocycles. The number of nitrogens with zero attached hydrogens (tertiary/aromatic N) is 3. The molecule has 6 nitrogen and oxygen atoms in total. The van der Waals surface area contributed by atoms with Crippen molar-refractivity contribution in [2.24, 2.45) is 0 Å². The summed E-state index contributed by atoms with van der Waals surface area (Å²) in [7, 11) is 0. The topological polar surface area (TPSA) is 82.0 Å². The minimum Gasteiger partial charge on any atom is -0.491 e. The Hall–Kier alpha value is -2.81. The van der Waals surface area contributed by atoms with Crippen molar-refractivity contribution in [3.05, 3.63) is 40.2 Å². The molecule has 1 aliphatic heterocycles. The van der Waals surface area contributed by atoms with Gasteiger partial charge in [0.1, 0.15) is 17.4 Å². The second kappa shape index (κ2) is 8.05. The number of aromatic nitrogens is 2. The smallest absolute Gasteiger partial charge is 0.270 e. The molecule has 1 aromatic carbocycles. The third-order valence-corrected chi connectivity index (χ3v) is 4.40. The molecular weight excluding hydrogens is 328 g/mol. The Kier molecular flexibility index (Phi) is 5.57. The summed E-state index contributed by atoms with van der Waals surface area (Å²) in [6.45, 7) is 5.64. The molecule has 0 aliphatic carbocycles. The van der Waals surface area contributed by atoms with E-state index in [1.54, 1.807) is 0 Å². The quantitative estimate of drug-likeness (QED) is 0.911. The van der Waals surface area contributed by atoms with E-state index in [1.165, 1.54) is 12.8 Å². The Labute approximate surface area is 153 Å². The van der Waals surface area contributed by atoms with E-state index < -0.39 is 5.56 Å². The van der Waals surface area contributed by atoms with Gasteiger partial charge in [-0.25, -0.2) is 4.98 Å². The number of hydrogen-bond acceptors (Lipinski definition) is 5. The summed E-state index contributed by atoms with van der Waals surface area (Å²) in [5.74, 6) is 1.24. The van der Waals surface area contributed by atoms with Crippen molar-refractivity contribution in [2.45, 2.75) is 45.6 Å². The van der Waals surface area contributed by atoms with Crippen LogP contribution >= 0.6 is 0 Å². The highest BCUT2D eigenvalue weighted by Crippen LogP contribution is 2.26. The number of H-pyrrole nitrogens is 1. The molecule has 0 amide bonds. The summed E-state index contributed by atoms with van der Waals surface area (Å²) in [5, 5.41) is 9.47. The Morgan fingerprint density at radius 2 is 1.96 bits per heavy atom. The summed E-state index contributed by atoms with van der Waals surface area (Å²) in [6, 6.07) is 9.39. The van der Waals surface area contributed by atoms with Crippen molar-refractivity contribution < 1.29 is 4.74 Å². The van der Waals surface area contributed by atoms with Crippen molar-refractivity contribution in [2.75, 3.05) is 18.0 Å². The van der Waals surface area contributed by atoms with E-state index >= 15 is 0 Å². The second-order valence-corrected chi connectivity index (χ2v) is 6.82. The number of hydrogen-bond donors (Lipinski definition) is 1. The first-order chi connectivity index (χ1) is 12.6. The number of nitrogens with one attached hydrogen (secondary N) is 1. The van der Waals surface area contributed by atoms with Gasteiger partial charge in [0.2, 0.25) is 5.95 Å². The largest absolute Gasteiger partial charge is 0.491 e. The van der Waals surface area contributed by atoms with Gasteiger partial charge in [0.15, 0.2) is 0 Å². The minimum absolute atomic E-state index is 0.0327. The van der Waals surface area contributed by atoms with E-state index in [9.17, 15) is 10.1 Å². The highest BCUT2D eigenvalue weighted by atomic mass is 16.5. The zero-order chi connectivity index (χ0) is 18.5. The molecule has 0 saturated carbocycles. The molecular formula is C20H24N4O2. The fraction of sp³-hybridized carbons (Fsp3) is 0.450. The summed E-state index contributed by atoms with van der Waals surface area (Å²) in [4.78, 5) is 22.0. The van der Waals surface area contributed by atoms with Crippen LogP contribution in [0.3, 0.4) is 0 Å². The molecule has 0 atom stereocenters. The zero-order valence-electron chi connectivity index (χ0n) is 15.3. The SMILES string of the molecule is CC(C)Oc1cccc(-c2nc(N3CCCCCC3)[nH]c(=O)c2C#N)c1. The zero-order valence-corrected chi connectivity index (χ0v) is 15.3. The van der Waals surface area contributed by atoms with E-state index in [4.69, 9.17) is 4.74 Å². The van der Waals surface area contributed by atoms with Gasteiger partial charge >= 0.3 is 0 Å². The third-order valence-electron chi connectivity index (χ3n) is 4.40. The normalized spacial score (nSPS) is 14.8. The summed E-state index contributed by atoms with van der Waals surface area (Å²) >= 11 is 0. The van der Waals surface area contributed by atoms with Crippen molar-refractivity contribution in [1.82, 2.24) is 9.97 Å². The van der Waals surface area contributed by atoms with Gasteiger partial charge in [-0.15, -0.1) is 0 Å². The number of benzene rings is 1. The molecule has 0 unspecified atom stereocenters. The standard InChI is InChI=1S/C20H24N4O2/c1-14(2)26-16-9-7-8-15(12-16)18-17(13-21)19(25)23-20(22-18)24-10-5-3-4-6-11-24/h7-9,12,14H,3-6,10-11H2,1-2H3,(H,22,23,25). The van der Waals surface area contributed by atoms with Gasteiger partial charge < -0.3 is 9.64 Å². The maximum Gasteiger partial charge on any atom is 0.270 e. The fourth-order valence-electron chi connectivity index (χ4n) is 3.20. The van der Waals surface area contributed by atoms with E-state index in [0.717, 1.165) is 25.9 Å². The number of anilines is 1. The number of nitriles is 1. The molecule has 6 heteroatoms. The predicted octanol–water partition coefficient (Wildman–Crippen LogP) is 3.48. The molecule has 0 radical (unpaired) electrons. The molecule has 1 fully saturated rings. The lowest BCUT2D eigenvalue weighted by molar-refractivity contribution is 0.242. The molecule has 0 spiro atoms. The van der Waals surface area contributed by atoms with Gasteiger partial charge in [0, 0.05) is 18.7 Å². The van der Waals surface area contributed by atoms with Crippen molar-refractivity contribution >= 4 is 5.95 Å². The van der Waals surface area contributed by atoms with Crippen LogP contribution in [-0.2, 0) is 0 Å². The average Bonchev–Trinajstić information content (AvgIpc) is 2.90. The fourth-order valence-corrected chi connectivity index (χ4v) is 3.20. The first-order valence-corrected chi connectivity index (χ1v) is 9.15. The molecule has 1 aliphatic rings. The lowest BCUT2D eigenvalue weighted by atomic mass is 10.1. The van der Waals surface area contributed by atoms with Crippen LogP contribution in [0.2, 0.25) is 0 Å². The first kappa shape index (κ1) is 18.0. The lowest BCUT2D eigenvalue weighted by Crippen LogP contribution is -2.29. The van der Waals surface area contributed by atoms with Gasteiger partial charge in [-0.2, -0.15) is 5.26 Å². The van der Waals surface area contributed by atoms with Crippen LogP contribution in [0.25, 0.3) is 11.3 Å². The molecule has 2 heterocycles.